The number of nitrogens with two attached hydrogens (primary N) is 1. The molecular formula is C17H24N2O3S. The smallest absolute Gasteiger partial charge is 0.248 e. The summed E-state index contributed by atoms with van der Waals surface area (Å²) in [6, 6.07) is 6.77. The minimum Gasteiger partial charge on any atom is -0.366 e. The van der Waals surface area contributed by atoms with Crippen molar-refractivity contribution in [3.63, 3.8) is 0 Å². The van der Waals surface area contributed by atoms with E-state index in [0.717, 1.165) is 31.5 Å². The van der Waals surface area contributed by atoms with Crippen molar-refractivity contribution >= 4 is 22.6 Å². The monoisotopic (exact) mass is 336 g/mol. The Morgan fingerprint density at radius 3 is 2.61 bits per heavy atom. The first-order valence-electron chi connectivity index (χ1n) is 7.93. The highest BCUT2D eigenvalue weighted by Crippen LogP contribution is 2.18. The topological polar surface area (TPSA) is 80.5 Å². The van der Waals surface area contributed by atoms with Crippen molar-refractivity contribution in [1.82, 2.24) is 4.90 Å². The summed E-state index contributed by atoms with van der Waals surface area (Å²) >= 11 is 0. The Morgan fingerprint density at radius 1 is 1.35 bits per heavy atom. The fourth-order valence-corrected chi connectivity index (χ4v) is 3.83. The number of carbonyl (C=O) groups is 2. The van der Waals surface area contributed by atoms with E-state index >= 15 is 0 Å². The molecule has 1 aliphatic rings. The fourth-order valence-electron chi connectivity index (χ4n) is 2.70. The average molecular weight is 336 g/mol. The standard InChI is InChI=1S/C17H24N2O3S/c1-12-6-8-19(9-7-12)17(21)13(2)23(22)11-14-4-3-5-15(10-14)16(18)20/h3-5,10,12-13H,6-9,11H2,1-2H3,(H2,18,20)/t13-,23-/m0/s1. The van der Waals surface area contributed by atoms with Crippen molar-refractivity contribution in [1.29, 1.82) is 0 Å². The molecule has 1 aromatic rings. The van der Waals surface area contributed by atoms with Crippen LogP contribution in [0.15, 0.2) is 24.3 Å². The SMILES string of the molecule is CC1CCN(C(=O)[C@H](C)[S@@](=O)Cc2cccc(C(N)=O)c2)CC1. The Hall–Kier alpha value is -1.69. The van der Waals surface area contributed by atoms with E-state index in [4.69, 9.17) is 5.73 Å². The molecule has 126 valence electrons. The third-order valence-corrected chi connectivity index (χ3v) is 5.97. The molecule has 2 rings (SSSR count). The number of rotatable bonds is 5. The summed E-state index contributed by atoms with van der Waals surface area (Å²) in [6.07, 6.45) is 2.01. The van der Waals surface area contributed by atoms with Crippen molar-refractivity contribution in [2.45, 2.75) is 37.7 Å². The molecule has 0 unspecified atom stereocenters. The summed E-state index contributed by atoms with van der Waals surface area (Å²) in [4.78, 5) is 25.5. The number of primary amides is 1. The van der Waals surface area contributed by atoms with E-state index in [9.17, 15) is 13.8 Å². The van der Waals surface area contributed by atoms with Crippen LogP contribution >= 0.6 is 0 Å². The summed E-state index contributed by atoms with van der Waals surface area (Å²) in [7, 11) is -1.32. The largest absolute Gasteiger partial charge is 0.366 e. The number of carbonyl (C=O) groups excluding carboxylic acids is 2. The van der Waals surface area contributed by atoms with E-state index in [-0.39, 0.29) is 11.7 Å². The van der Waals surface area contributed by atoms with Gasteiger partial charge >= 0.3 is 0 Å². The van der Waals surface area contributed by atoms with Crippen LogP contribution in [0.1, 0.15) is 42.6 Å². The van der Waals surface area contributed by atoms with Crippen molar-refractivity contribution in [3.8, 4) is 0 Å². The number of likely N-dealkylation sites (tertiary alicyclic amines) is 1. The predicted octanol–water partition coefficient (Wildman–Crippen LogP) is 1.68. The van der Waals surface area contributed by atoms with Crippen LogP contribution in [0.4, 0.5) is 0 Å². The molecule has 2 atom stereocenters. The van der Waals surface area contributed by atoms with Gasteiger partial charge in [0.05, 0.1) is 0 Å². The zero-order valence-corrected chi connectivity index (χ0v) is 14.5. The Kier molecular flexibility index (Phi) is 5.93. The minimum absolute atomic E-state index is 0.0405. The van der Waals surface area contributed by atoms with Crippen LogP contribution in [-0.2, 0) is 21.3 Å². The first-order valence-corrected chi connectivity index (χ1v) is 9.31. The molecule has 5 nitrogen and oxygen atoms in total. The van der Waals surface area contributed by atoms with Crippen LogP contribution in [0.25, 0.3) is 0 Å². The lowest BCUT2D eigenvalue weighted by Gasteiger charge is -2.32. The second-order valence-electron chi connectivity index (χ2n) is 6.24. The fraction of sp³-hybridized carbons (Fsp3) is 0.529. The van der Waals surface area contributed by atoms with Gasteiger partial charge in [0.15, 0.2) is 0 Å². The van der Waals surface area contributed by atoms with E-state index in [0.29, 0.717) is 11.5 Å². The summed E-state index contributed by atoms with van der Waals surface area (Å²) in [5.41, 5.74) is 6.40. The van der Waals surface area contributed by atoms with Crippen LogP contribution in [0, 0.1) is 5.92 Å². The Balaban J connectivity index is 1.98. The maximum atomic E-state index is 12.5. The molecule has 0 spiro atoms. The summed E-state index contributed by atoms with van der Waals surface area (Å²) in [5, 5.41) is -0.541. The second kappa shape index (κ2) is 7.73. The van der Waals surface area contributed by atoms with Gasteiger partial charge in [0, 0.05) is 35.2 Å². The van der Waals surface area contributed by atoms with Crippen molar-refractivity contribution < 1.29 is 13.8 Å². The van der Waals surface area contributed by atoms with E-state index in [2.05, 4.69) is 6.92 Å². The Morgan fingerprint density at radius 2 is 2.00 bits per heavy atom. The highest BCUT2D eigenvalue weighted by molar-refractivity contribution is 7.85. The van der Waals surface area contributed by atoms with E-state index in [1.807, 2.05) is 4.90 Å². The summed E-state index contributed by atoms with van der Waals surface area (Å²) in [6.45, 7) is 5.40. The normalized spacial score (nSPS) is 18.4. The van der Waals surface area contributed by atoms with Gasteiger partial charge in [-0.25, -0.2) is 0 Å². The first-order chi connectivity index (χ1) is 10.9. The van der Waals surface area contributed by atoms with Gasteiger partial charge in [0.2, 0.25) is 11.8 Å². The minimum atomic E-state index is -1.32. The average Bonchev–Trinajstić information content (AvgIpc) is 2.54. The van der Waals surface area contributed by atoms with Crippen molar-refractivity contribution in [2.24, 2.45) is 11.7 Å². The lowest BCUT2D eigenvalue weighted by molar-refractivity contribution is -0.131. The molecule has 1 saturated heterocycles. The van der Waals surface area contributed by atoms with E-state index in [1.165, 1.54) is 0 Å². The van der Waals surface area contributed by atoms with Gasteiger partial charge in [-0.15, -0.1) is 0 Å². The number of piperidine rings is 1. The second-order valence-corrected chi connectivity index (χ2v) is 8.00. The predicted molar refractivity (Wildman–Crippen MR) is 91.2 cm³/mol. The van der Waals surface area contributed by atoms with Gasteiger partial charge in [-0.3, -0.25) is 13.8 Å². The Bertz CT molecular complexity index is 610. The number of amides is 2. The van der Waals surface area contributed by atoms with Crippen molar-refractivity contribution in [2.75, 3.05) is 13.1 Å². The molecule has 23 heavy (non-hydrogen) atoms. The quantitative estimate of drug-likeness (QED) is 0.888. The number of benzene rings is 1. The molecule has 0 aliphatic carbocycles. The lowest BCUT2D eigenvalue weighted by atomic mass is 9.99. The number of hydrogen-bond acceptors (Lipinski definition) is 3. The van der Waals surface area contributed by atoms with Crippen molar-refractivity contribution in [3.05, 3.63) is 35.4 Å². The first kappa shape index (κ1) is 17.7. The van der Waals surface area contributed by atoms with Crippen LogP contribution in [0.5, 0.6) is 0 Å². The molecule has 1 aromatic carbocycles. The summed E-state index contributed by atoms with van der Waals surface area (Å²) < 4.78 is 12.5. The third-order valence-electron chi connectivity index (χ3n) is 4.36. The molecule has 0 radical (unpaired) electrons. The molecule has 1 heterocycles. The van der Waals surface area contributed by atoms with Gasteiger partial charge in [0.1, 0.15) is 5.25 Å². The molecule has 2 N–H and O–H groups in total. The third kappa shape index (κ3) is 4.64. The highest BCUT2D eigenvalue weighted by atomic mass is 32.2. The molecule has 6 heteroatoms. The molecule has 0 saturated carbocycles. The lowest BCUT2D eigenvalue weighted by Crippen LogP contribution is -2.44. The van der Waals surface area contributed by atoms with Crippen LogP contribution in [-0.4, -0.2) is 39.3 Å². The van der Waals surface area contributed by atoms with Crippen LogP contribution in [0.2, 0.25) is 0 Å². The van der Waals surface area contributed by atoms with E-state index < -0.39 is 22.0 Å². The van der Waals surface area contributed by atoms with Crippen LogP contribution < -0.4 is 5.73 Å². The van der Waals surface area contributed by atoms with E-state index in [1.54, 1.807) is 31.2 Å². The molecule has 2 amide bonds. The molecule has 1 fully saturated rings. The molecule has 0 aromatic heterocycles. The molecule has 0 bridgehead atoms. The van der Waals surface area contributed by atoms with Gasteiger partial charge < -0.3 is 10.6 Å². The van der Waals surface area contributed by atoms with Gasteiger partial charge in [-0.1, -0.05) is 19.1 Å². The van der Waals surface area contributed by atoms with Gasteiger partial charge in [0.25, 0.3) is 0 Å². The highest BCUT2D eigenvalue weighted by Gasteiger charge is 2.27. The Labute approximate surface area is 139 Å². The number of nitrogens with zero attached hydrogens (tertiary/aromatic N) is 1. The maximum Gasteiger partial charge on any atom is 0.248 e. The molecule has 1 aliphatic heterocycles. The number of hydrogen-bond donors (Lipinski definition) is 1. The summed E-state index contributed by atoms with van der Waals surface area (Å²) in [5.74, 6) is 0.347. The van der Waals surface area contributed by atoms with Gasteiger partial charge in [-0.2, -0.15) is 0 Å². The van der Waals surface area contributed by atoms with Crippen LogP contribution in [0.3, 0.4) is 0 Å². The molecular weight excluding hydrogens is 312 g/mol. The maximum absolute atomic E-state index is 12.5. The zero-order valence-electron chi connectivity index (χ0n) is 13.7. The van der Waals surface area contributed by atoms with Gasteiger partial charge in [-0.05, 0) is 43.4 Å². The zero-order chi connectivity index (χ0) is 17.0.